The van der Waals surface area contributed by atoms with E-state index in [1.54, 1.807) is 12.1 Å². The van der Waals surface area contributed by atoms with Crippen molar-refractivity contribution in [1.82, 2.24) is 15.1 Å². The molecule has 4 rings (SSSR count). The van der Waals surface area contributed by atoms with Crippen LogP contribution in [0.2, 0.25) is 0 Å². The fraction of sp³-hybridized carbons (Fsp3) is 0.333. The van der Waals surface area contributed by atoms with Crippen LogP contribution in [0.15, 0.2) is 60.7 Å². The minimum atomic E-state index is -0.504. The number of amides is 2. The molecule has 156 valence electrons. The van der Waals surface area contributed by atoms with E-state index < -0.39 is 6.04 Å². The number of hydrogen-bond acceptors (Lipinski definition) is 3. The van der Waals surface area contributed by atoms with Crippen LogP contribution in [0.4, 0.5) is 4.39 Å². The van der Waals surface area contributed by atoms with E-state index in [4.69, 9.17) is 0 Å². The molecule has 5 nitrogen and oxygen atoms in total. The number of carbonyl (C=O) groups is 2. The van der Waals surface area contributed by atoms with E-state index in [9.17, 15) is 14.0 Å². The third-order valence-electron chi connectivity index (χ3n) is 5.81. The Balaban J connectivity index is 1.39. The van der Waals surface area contributed by atoms with Gasteiger partial charge in [-0.25, -0.2) is 4.39 Å². The van der Waals surface area contributed by atoms with Crippen molar-refractivity contribution in [3.05, 3.63) is 77.6 Å². The van der Waals surface area contributed by atoms with Gasteiger partial charge in [-0.1, -0.05) is 48.5 Å². The van der Waals surface area contributed by atoms with Gasteiger partial charge in [-0.15, -0.1) is 0 Å². The van der Waals surface area contributed by atoms with Crippen LogP contribution in [0.1, 0.15) is 24.0 Å². The first-order valence-electron chi connectivity index (χ1n) is 10.4. The second-order valence-corrected chi connectivity index (χ2v) is 7.79. The first kappa shape index (κ1) is 20.3. The van der Waals surface area contributed by atoms with Crippen molar-refractivity contribution in [3.63, 3.8) is 0 Å². The summed E-state index contributed by atoms with van der Waals surface area (Å²) in [4.78, 5) is 29.3. The molecule has 0 unspecified atom stereocenters. The number of benzene rings is 2. The van der Waals surface area contributed by atoms with Gasteiger partial charge >= 0.3 is 0 Å². The van der Waals surface area contributed by atoms with Crippen molar-refractivity contribution in [2.45, 2.75) is 25.4 Å². The van der Waals surface area contributed by atoms with Crippen LogP contribution >= 0.6 is 0 Å². The number of nitrogens with one attached hydrogen (secondary N) is 1. The Hall–Kier alpha value is -2.99. The zero-order valence-electron chi connectivity index (χ0n) is 16.9. The van der Waals surface area contributed by atoms with Gasteiger partial charge < -0.3 is 10.2 Å². The molecule has 1 saturated heterocycles. The summed E-state index contributed by atoms with van der Waals surface area (Å²) in [5, 5.41) is 2.87. The van der Waals surface area contributed by atoms with Crippen LogP contribution in [0.25, 0.3) is 5.57 Å². The number of halogens is 1. The van der Waals surface area contributed by atoms with Crippen molar-refractivity contribution in [2.24, 2.45) is 0 Å². The van der Waals surface area contributed by atoms with Gasteiger partial charge in [0.15, 0.2) is 0 Å². The number of hydrogen-bond donors (Lipinski definition) is 1. The minimum Gasteiger partial charge on any atom is -0.353 e. The highest BCUT2D eigenvalue weighted by atomic mass is 19.1. The monoisotopic (exact) mass is 407 g/mol. The molecule has 0 spiro atoms. The average Bonchev–Trinajstić information content (AvgIpc) is 2.78. The quantitative estimate of drug-likeness (QED) is 0.829. The van der Waals surface area contributed by atoms with Crippen LogP contribution in [0.3, 0.4) is 0 Å². The third-order valence-corrected chi connectivity index (χ3v) is 5.81. The summed E-state index contributed by atoms with van der Waals surface area (Å²) in [5.41, 5.74) is 3.38. The SMILES string of the molecule is O=C1NCCN(Cc2ccc(F)cc2)[C@@H]1CC(=O)N1CC=C(c2ccccc2)CC1. The van der Waals surface area contributed by atoms with Crippen LogP contribution in [0.5, 0.6) is 0 Å². The van der Waals surface area contributed by atoms with Crippen molar-refractivity contribution >= 4 is 17.4 Å². The summed E-state index contributed by atoms with van der Waals surface area (Å²) in [5.74, 6) is -0.409. The van der Waals surface area contributed by atoms with E-state index in [1.165, 1.54) is 23.3 Å². The van der Waals surface area contributed by atoms with Gasteiger partial charge in [0.2, 0.25) is 11.8 Å². The number of nitrogens with zero attached hydrogens (tertiary/aromatic N) is 2. The Bertz CT molecular complexity index is 927. The molecule has 0 radical (unpaired) electrons. The summed E-state index contributed by atoms with van der Waals surface area (Å²) in [7, 11) is 0. The van der Waals surface area contributed by atoms with Gasteiger partial charge in [-0.05, 0) is 35.3 Å². The lowest BCUT2D eigenvalue weighted by molar-refractivity contribution is -0.138. The zero-order valence-corrected chi connectivity index (χ0v) is 16.9. The molecule has 2 aliphatic rings. The summed E-state index contributed by atoms with van der Waals surface area (Å²) in [6.45, 7) is 2.96. The van der Waals surface area contributed by atoms with Gasteiger partial charge in [0, 0.05) is 32.7 Å². The van der Waals surface area contributed by atoms with Crippen LogP contribution < -0.4 is 5.32 Å². The lowest BCUT2D eigenvalue weighted by Gasteiger charge is -2.36. The Morgan fingerprint density at radius 3 is 2.53 bits per heavy atom. The summed E-state index contributed by atoms with van der Waals surface area (Å²) < 4.78 is 13.2. The highest BCUT2D eigenvalue weighted by molar-refractivity contribution is 5.89. The lowest BCUT2D eigenvalue weighted by atomic mass is 9.99. The van der Waals surface area contributed by atoms with Crippen molar-refractivity contribution < 1.29 is 14.0 Å². The summed E-state index contributed by atoms with van der Waals surface area (Å²) in [6.07, 6.45) is 3.07. The van der Waals surface area contributed by atoms with E-state index in [0.29, 0.717) is 32.7 Å². The molecule has 0 saturated carbocycles. The average molecular weight is 407 g/mol. The third kappa shape index (κ3) is 4.76. The maximum Gasteiger partial charge on any atom is 0.237 e. The second kappa shape index (κ2) is 9.22. The Morgan fingerprint density at radius 1 is 1.07 bits per heavy atom. The van der Waals surface area contributed by atoms with Crippen molar-refractivity contribution in [3.8, 4) is 0 Å². The van der Waals surface area contributed by atoms with E-state index in [0.717, 1.165) is 12.0 Å². The highest BCUT2D eigenvalue weighted by Gasteiger charge is 2.33. The number of rotatable bonds is 5. The molecule has 30 heavy (non-hydrogen) atoms. The first-order valence-corrected chi connectivity index (χ1v) is 10.4. The number of carbonyl (C=O) groups excluding carboxylic acids is 2. The molecule has 0 aliphatic carbocycles. The van der Waals surface area contributed by atoms with Crippen LogP contribution in [0, 0.1) is 5.82 Å². The molecular formula is C24H26FN3O2. The number of piperazine rings is 1. The zero-order chi connectivity index (χ0) is 20.9. The van der Waals surface area contributed by atoms with E-state index in [1.807, 2.05) is 28.0 Å². The minimum absolute atomic E-state index is 0.00971. The Labute approximate surface area is 176 Å². The normalized spacial score (nSPS) is 19.9. The molecule has 2 aromatic carbocycles. The topological polar surface area (TPSA) is 52.7 Å². The fourth-order valence-corrected chi connectivity index (χ4v) is 4.10. The standard InChI is InChI=1S/C24H26FN3O2/c25-21-8-6-18(7-9-21)17-28-15-12-26-24(30)22(28)16-23(29)27-13-10-20(11-14-27)19-4-2-1-3-5-19/h1-10,22H,11-17H2,(H,26,30)/t22-/m1/s1. The van der Waals surface area contributed by atoms with E-state index >= 15 is 0 Å². The second-order valence-electron chi connectivity index (χ2n) is 7.79. The molecule has 2 aliphatic heterocycles. The molecule has 6 heteroatoms. The highest BCUT2D eigenvalue weighted by Crippen LogP contribution is 2.23. The fourth-order valence-electron chi connectivity index (χ4n) is 4.10. The van der Waals surface area contributed by atoms with Crippen LogP contribution in [-0.2, 0) is 16.1 Å². The van der Waals surface area contributed by atoms with Gasteiger partial charge in [0.1, 0.15) is 5.82 Å². The maximum atomic E-state index is 13.2. The molecule has 2 amide bonds. The van der Waals surface area contributed by atoms with Gasteiger partial charge in [0.05, 0.1) is 12.5 Å². The van der Waals surface area contributed by atoms with E-state index in [-0.39, 0.29) is 24.1 Å². The van der Waals surface area contributed by atoms with Crippen LogP contribution in [-0.4, -0.2) is 53.8 Å². The largest absolute Gasteiger partial charge is 0.353 e. The van der Waals surface area contributed by atoms with Gasteiger partial charge in [0.25, 0.3) is 0 Å². The predicted octanol–water partition coefficient (Wildman–Crippen LogP) is 2.83. The van der Waals surface area contributed by atoms with Gasteiger partial charge in [-0.2, -0.15) is 0 Å². The molecule has 1 fully saturated rings. The lowest BCUT2D eigenvalue weighted by Crippen LogP contribution is -2.56. The molecule has 2 heterocycles. The maximum absolute atomic E-state index is 13.2. The van der Waals surface area contributed by atoms with Gasteiger partial charge in [-0.3, -0.25) is 14.5 Å². The first-order chi connectivity index (χ1) is 14.6. The van der Waals surface area contributed by atoms with Crippen molar-refractivity contribution in [2.75, 3.05) is 26.2 Å². The Morgan fingerprint density at radius 2 is 1.83 bits per heavy atom. The molecule has 1 N–H and O–H groups in total. The molecular weight excluding hydrogens is 381 g/mol. The molecule has 0 bridgehead atoms. The van der Waals surface area contributed by atoms with Crippen molar-refractivity contribution in [1.29, 1.82) is 0 Å². The van der Waals surface area contributed by atoms with E-state index in [2.05, 4.69) is 23.5 Å². The smallest absolute Gasteiger partial charge is 0.237 e. The predicted molar refractivity (Wildman–Crippen MR) is 114 cm³/mol. The molecule has 2 aromatic rings. The molecule has 0 aromatic heterocycles. The Kier molecular flexibility index (Phi) is 6.23. The summed E-state index contributed by atoms with van der Waals surface area (Å²) >= 11 is 0. The summed E-state index contributed by atoms with van der Waals surface area (Å²) in [6, 6.07) is 16.0. The molecule has 1 atom stereocenters.